The highest BCUT2D eigenvalue weighted by Gasteiger charge is 2.36. The minimum atomic E-state index is -0.885. The minimum absolute atomic E-state index is 0.0905. The first-order chi connectivity index (χ1) is 27.6. The number of ether oxygens (including phenoxy) is 1. The van der Waals surface area contributed by atoms with E-state index >= 15 is 0 Å². The fourth-order valence-electron chi connectivity index (χ4n) is 8.29. The van der Waals surface area contributed by atoms with Crippen LogP contribution in [-0.4, -0.2) is 77.9 Å². The van der Waals surface area contributed by atoms with Crippen molar-refractivity contribution < 1.29 is 23.9 Å². The first kappa shape index (κ1) is 38.5. The van der Waals surface area contributed by atoms with Gasteiger partial charge in [-0.2, -0.15) is 5.10 Å². The lowest BCUT2D eigenvalue weighted by Gasteiger charge is -2.38. The number of aromatic nitrogens is 5. The van der Waals surface area contributed by atoms with Gasteiger partial charge in [0.05, 0.1) is 67.1 Å². The van der Waals surface area contributed by atoms with E-state index in [-0.39, 0.29) is 18.3 Å². The van der Waals surface area contributed by atoms with Gasteiger partial charge < -0.3 is 25.6 Å². The highest BCUT2D eigenvalue weighted by Crippen LogP contribution is 2.37. The number of amides is 4. The maximum atomic E-state index is 13.5. The lowest BCUT2D eigenvalue weighted by atomic mass is 9.89. The number of hydrogen-bond donors (Lipinski definition) is 2. The number of primary amides is 1. The molecule has 3 aliphatic heterocycles. The molecule has 1 unspecified atom stereocenters. The predicted octanol–water partition coefficient (Wildman–Crippen LogP) is 6.76. The van der Waals surface area contributed by atoms with E-state index in [1.165, 1.54) is 0 Å². The number of nitrogens with zero attached hydrogens (tertiary/aromatic N) is 7. The summed E-state index contributed by atoms with van der Waals surface area (Å²) < 4.78 is 9.95. The van der Waals surface area contributed by atoms with Crippen LogP contribution in [0.4, 0.5) is 5.69 Å². The quantitative estimate of drug-likeness (QED) is 0.182. The molecule has 4 amide bonds. The van der Waals surface area contributed by atoms with Crippen LogP contribution in [0.5, 0.6) is 0 Å². The van der Waals surface area contributed by atoms with Crippen molar-refractivity contribution in [2.75, 3.05) is 25.0 Å². The fourth-order valence-corrected chi connectivity index (χ4v) is 9.61. The molecule has 2 aromatic carbocycles. The van der Waals surface area contributed by atoms with E-state index in [2.05, 4.69) is 39.2 Å². The number of benzene rings is 2. The molecule has 0 saturated carbocycles. The summed E-state index contributed by atoms with van der Waals surface area (Å²) in [7, 11) is 0. The molecular weight excluding hydrogens is 763 g/mol. The Morgan fingerprint density at radius 3 is 1.96 bits per heavy atom. The second kappa shape index (κ2) is 16.6. The highest BCUT2D eigenvalue weighted by molar-refractivity contribution is 7.17. The summed E-state index contributed by atoms with van der Waals surface area (Å²) in [5, 5.41) is 8.13. The summed E-state index contributed by atoms with van der Waals surface area (Å²) in [6, 6.07) is 11.9. The normalized spacial score (nSPS) is 22.6. The van der Waals surface area contributed by atoms with E-state index in [1.807, 2.05) is 47.4 Å². The van der Waals surface area contributed by atoms with E-state index in [9.17, 15) is 19.2 Å². The van der Waals surface area contributed by atoms with Crippen molar-refractivity contribution in [2.24, 2.45) is 17.6 Å². The Bertz CT molecular complexity index is 2440. The van der Waals surface area contributed by atoms with Gasteiger partial charge in [-0.15, -0.1) is 22.7 Å². The predicted molar refractivity (Wildman–Crippen MR) is 219 cm³/mol. The number of rotatable bonds is 4. The summed E-state index contributed by atoms with van der Waals surface area (Å²) in [4.78, 5) is 66.5. The molecule has 9 rings (SSSR count). The monoisotopic (exact) mass is 807 g/mol. The van der Waals surface area contributed by atoms with Gasteiger partial charge in [-0.1, -0.05) is 26.0 Å². The van der Waals surface area contributed by atoms with Gasteiger partial charge in [0.25, 0.3) is 0 Å². The van der Waals surface area contributed by atoms with E-state index in [4.69, 9.17) is 10.5 Å². The summed E-state index contributed by atoms with van der Waals surface area (Å²) in [5.74, 6) is -1.99. The number of pyridine rings is 1. The minimum Gasteiger partial charge on any atom is -0.361 e. The number of hydrogen-bond acceptors (Lipinski definition) is 11. The number of fused-ring (bicyclic) bond motifs is 3. The zero-order valence-corrected chi connectivity index (χ0v) is 33.5. The van der Waals surface area contributed by atoms with Crippen LogP contribution in [0.25, 0.3) is 31.3 Å². The van der Waals surface area contributed by atoms with Gasteiger partial charge in [-0.25, -0.2) is 14.6 Å². The average Bonchev–Trinajstić information content (AvgIpc) is 4.01. The second-order valence-electron chi connectivity index (χ2n) is 15.3. The first-order valence-corrected chi connectivity index (χ1v) is 21.2. The molecule has 6 aromatic rings. The highest BCUT2D eigenvalue weighted by atomic mass is 32.1. The Balaban J connectivity index is 0.000000184. The smallest absolute Gasteiger partial charge is 0.314 e. The molecule has 57 heavy (non-hydrogen) atoms. The van der Waals surface area contributed by atoms with Crippen molar-refractivity contribution in [1.29, 1.82) is 0 Å². The van der Waals surface area contributed by atoms with Crippen LogP contribution in [0.2, 0.25) is 0 Å². The molecule has 14 nitrogen and oxygen atoms in total. The fraction of sp³-hybridized carbons (Fsp3) is 0.415. The van der Waals surface area contributed by atoms with Crippen LogP contribution in [0, 0.1) is 11.8 Å². The van der Waals surface area contributed by atoms with Crippen molar-refractivity contribution in [2.45, 2.75) is 77.1 Å². The molecule has 3 saturated heterocycles. The molecule has 0 aliphatic carbocycles. The number of likely N-dealkylation sites (tertiary alicyclic amines) is 2. The third-order valence-electron chi connectivity index (χ3n) is 11.2. The molecule has 296 valence electrons. The van der Waals surface area contributed by atoms with Crippen LogP contribution in [-0.2, 0) is 23.9 Å². The zero-order chi connectivity index (χ0) is 39.6. The second-order valence-corrected chi connectivity index (χ2v) is 17.1. The summed E-state index contributed by atoms with van der Waals surface area (Å²) in [6.07, 6.45) is 11.4. The van der Waals surface area contributed by atoms with E-state index in [1.54, 1.807) is 55.7 Å². The molecule has 16 heteroatoms. The van der Waals surface area contributed by atoms with Gasteiger partial charge in [-0.05, 0) is 92.2 Å². The Morgan fingerprint density at radius 1 is 0.772 bits per heavy atom. The van der Waals surface area contributed by atoms with Gasteiger partial charge >= 0.3 is 23.6 Å². The molecule has 3 fully saturated rings. The van der Waals surface area contributed by atoms with Gasteiger partial charge in [-0.3, -0.25) is 24.2 Å². The third kappa shape index (κ3) is 8.11. The topological polar surface area (TPSA) is 179 Å². The molecule has 0 radical (unpaired) electrons. The number of anilines is 1. The van der Waals surface area contributed by atoms with Gasteiger partial charge in [0.2, 0.25) is 0 Å². The maximum absolute atomic E-state index is 13.5. The summed E-state index contributed by atoms with van der Waals surface area (Å²) in [5.41, 5.74) is 13.9. The van der Waals surface area contributed by atoms with Crippen LogP contribution in [0.1, 0.15) is 88.2 Å². The standard InChI is InChI=1S/C26H28N6O3S.C15H17N3O2S/c1-16-5-7-21(17-6-8-22-19(10-17)28-15-36-22)31(14-16)26(34)25(33)30-20-13-27-11-18-12-29-32(24(18)20)23-4-2-3-9-35-23;1-9-2-4-12(18(7-9)15(20)14(16)19)10-3-5-13-11(6-10)17-8-21-13/h6,8,10-13,15-16,21,23H,2-5,7,9,14H2,1H3,(H,30,33);3,5-6,8-9,12H,2,4,7H2,1H3,(H2,16,19)/t16-,21+,23?;9-,12+/m00/s1. The summed E-state index contributed by atoms with van der Waals surface area (Å²) in [6.45, 7) is 5.98. The Hall–Kier alpha value is -5.32. The van der Waals surface area contributed by atoms with Crippen molar-refractivity contribution in [3.63, 3.8) is 0 Å². The van der Waals surface area contributed by atoms with E-state index in [0.29, 0.717) is 37.2 Å². The van der Waals surface area contributed by atoms with Crippen molar-refractivity contribution >= 4 is 83.3 Å². The zero-order valence-electron chi connectivity index (χ0n) is 31.9. The van der Waals surface area contributed by atoms with Crippen molar-refractivity contribution in [3.8, 4) is 0 Å². The van der Waals surface area contributed by atoms with Crippen LogP contribution in [0.3, 0.4) is 0 Å². The summed E-state index contributed by atoms with van der Waals surface area (Å²) >= 11 is 3.18. The van der Waals surface area contributed by atoms with Gasteiger partial charge in [0, 0.05) is 31.3 Å². The number of nitrogens with one attached hydrogen (secondary N) is 1. The first-order valence-electron chi connectivity index (χ1n) is 19.5. The van der Waals surface area contributed by atoms with Gasteiger partial charge in [0.1, 0.15) is 0 Å². The van der Waals surface area contributed by atoms with E-state index in [0.717, 1.165) is 87.4 Å². The van der Waals surface area contributed by atoms with Crippen molar-refractivity contribution in [1.82, 2.24) is 34.5 Å². The molecule has 5 atom stereocenters. The lowest BCUT2D eigenvalue weighted by molar-refractivity contribution is -0.147. The molecule has 0 spiro atoms. The molecular formula is C41H45N9O5S2. The average molecular weight is 808 g/mol. The lowest BCUT2D eigenvalue weighted by Crippen LogP contribution is -2.46. The number of piperidine rings is 2. The number of nitrogens with two attached hydrogens (primary N) is 1. The Kier molecular flexibility index (Phi) is 11.3. The SMILES string of the molecule is C[C@H]1CC[C@H](c2ccc3scnc3c2)N(C(=O)C(=O)Nc2cncc3cnn(C4CCCCO4)c23)C1.C[C@H]1CC[C@H](c2ccc3scnc3c2)N(C(=O)C(N)=O)C1. The molecule has 0 bridgehead atoms. The third-order valence-corrected chi connectivity index (χ3v) is 12.8. The number of carbonyl (C=O) groups excluding carboxylic acids is 4. The van der Waals surface area contributed by atoms with Gasteiger partial charge in [0.15, 0.2) is 6.23 Å². The maximum Gasteiger partial charge on any atom is 0.314 e. The number of carbonyl (C=O) groups is 4. The largest absolute Gasteiger partial charge is 0.361 e. The van der Waals surface area contributed by atoms with Crippen LogP contribution < -0.4 is 11.1 Å². The Morgan fingerprint density at radius 2 is 1.39 bits per heavy atom. The Labute approximate surface area is 337 Å². The number of thiazole rings is 2. The molecule has 4 aromatic heterocycles. The van der Waals surface area contributed by atoms with Crippen molar-refractivity contribution in [3.05, 3.63) is 77.1 Å². The van der Waals surface area contributed by atoms with Crippen LogP contribution >= 0.6 is 22.7 Å². The molecule has 3 N–H and O–H groups in total. The molecule has 3 aliphatic rings. The molecule has 7 heterocycles. The van der Waals surface area contributed by atoms with Crippen LogP contribution in [0.15, 0.2) is 66.0 Å². The van der Waals surface area contributed by atoms with E-state index < -0.39 is 23.6 Å².